The molecule has 0 aromatic heterocycles. The number of urea groups is 1. The van der Waals surface area contributed by atoms with E-state index in [2.05, 4.69) is 32.6 Å². The van der Waals surface area contributed by atoms with Crippen LogP contribution in [0.1, 0.15) is 92.4 Å². The number of rotatable bonds is 15. The third-order valence-corrected chi connectivity index (χ3v) is 10.3. The summed E-state index contributed by atoms with van der Waals surface area (Å²) in [5, 5.41) is 11.2. The minimum absolute atomic E-state index is 0.0369. The first-order chi connectivity index (χ1) is 21.9. The molecule has 0 aromatic rings. The highest BCUT2D eigenvalue weighted by Crippen LogP contribution is 2.36. The molecule has 47 heavy (non-hydrogen) atoms. The minimum Gasteiger partial charge on any atom is -0.346 e. The maximum Gasteiger partial charge on any atom is 0.315 e. The topological polar surface area (TPSA) is 183 Å². The molecular formula is C33H56N6O7S. The van der Waals surface area contributed by atoms with Crippen molar-refractivity contribution in [3.63, 3.8) is 0 Å². The lowest BCUT2D eigenvalue weighted by Gasteiger charge is -2.40. The number of hydrogen-bond donors (Lipinski definition) is 5. The predicted molar refractivity (Wildman–Crippen MR) is 180 cm³/mol. The molecule has 14 heteroatoms. The molecule has 0 bridgehead atoms. The maximum absolute atomic E-state index is 14.3. The third-order valence-electron chi connectivity index (χ3n) is 9.63. The van der Waals surface area contributed by atoms with Crippen LogP contribution in [0.15, 0.2) is 12.7 Å². The average Bonchev–Trinajstić information content (AvgIpc) is 3.69. The summed E-state index contributed by atoms with van der Waals surface area (Å²) in [5.41, 5.74) is -1.54. The van der Waals surface area contributed by atoms with Gasteiger partial charge in [-0.25, -0.2) is 17.9 Å². The number of Topliss-reactive ketones (excluding diaryl/α,β-unsaturated/α-hetero) is 1. The highest BCUT2D eigenvalue weighted by molar-refractivity contribution is 7.88. The van der Waals surface area contributed by atoms with E-state index in [9.17, 15) is 32.4 Å². The van der Waals surface area contributed by atoms with Gasteiger partial charge in [0.05, 0.1) is 17.8 Å². The van der Waals surface area contributed by atoms with Crippen LogP contribution in [0.2, 0.25) is 0 Å². The molecule has 3 aliphatic rings. The summed E-state index contributed by atoms with van der Waals surface area (Å²) < 4.78 is 26.3. The standard InChI is InChI=1S/C33H56N6O7S/c1-8-17-34-29(42)26(40)24(19-22-12-13-22)36-28(41)25-23(21(2)3)14-18-39(25)30(43)27(32(4,5)6)37-31(44)38-33(15-10-9-11-16-33)20-35-47(7,45)46/h8,21-25,27,35H,1,9-20H2,2-7H3,(H,34,42)(H,36,41)(H2,37,38,44)/t23?,24?,25-,27+/m0/s1. The van der Waals surface area contributed by atoms with Crippen molar-refractivity contribution in [1.82, 2.24) is 30.9 Å². The highest BCUT2D eigenvalue weighted by Gasteiger charge is 2.48. The summed E-state index contributed by atoms with van der Waals surface area (Å²) in [4.78, 5) is 69.1. The molecule has 13 nitrogen and oxygen atoms in total. The van der Waals surface area contributed by atoms with Crippen LogP contribution in [0.25, 0.3) is 0 Å². The van der Waals surface area contributed by atoms with Gasteiger partial charge >= 0.3 is 6.03 Å². The number of nitrogens with one attached hydrogen (secondary N) is 5. The molecule has 1 saturated heterocycles. The molecule has 4 atom stereocenters. The first-order valence-corrected chi connectivity index (χ1v) is 18.8. The van der Waals surface area contributed by atoms with E-state index in [-0.39, 0.29) is 30.8 Å². The van der Waals surface area contributed by atoms with Crippen LogP contribution in [0, 0.1) is 23.2 Å². The van der Waals surface area contributed by atoms with Gasteiger partial charge < -0.3 is 26.2 Å². The van der Waals surface area contributed by atoms with E-state index in [1.165, 1.54) is 11.0 Å². The molecule has 2 saturated carbocycles. The molecule has 2 unspecified atom stereocenters. The van der Waals surface area contributed by atoms with Crippen molar-refractivity contribution < 1.29 is 32.4 Å². The molecule has 5 N–H and O–H groups in total. The summed E-state index contributed by atoms with van der Waals surface area (Å²) in [6.07, 6.45) is 9.11. The molecule has 5 amide bonds. The molecule has 0 spiro atoms. The molecule has 3 fully saturated rings. The van der Waals surface area contributed by atoms with Crippen LogP contribution < -0.4 is 26.0 Å². The van der Waals surface area contributed by atoms with E-state index < -0.39 is 68.6 Å². The van der Waals surface area contributed by atoms with Gasteiger partial charge in [-0.05, 0) is 48.9 Å². The number of hydrogen-bond acceptors (Lipinski definition) is 7. The smallest absolute Gasteiger partial charge is 0.315 e. The summed E-state index contributed by atoms with van der Waals surface area (Å²) >= 11 is 0. The van der Waals surface area contributed by atoms with Crippen molar-refractivity contribution in [2.75, 3.05) is 25.9 Å². The second-order valence-electron chi connectivity index (χ2n) is 15.1. The monoisotopic (exact) mass is 680 g/mol. The molecular weight excluding hydrogens is 624 g/mol. The van der Waals surface area contributed by atoms with E-state index in [0.717, 1.165) is 38.4 Å². The number of carbonyl (C=O) groups is 5. The highest BCUT2D eigenvalue weighted by atomic mass is 32.2. The number of amides is 5. The van der Waals surface area contributed by atoms with Crippen LogP contribution >= 0.6 is 0 Å². The Kier molecular flexibility index (Phi) is 13.0. The van der Waals surface area contributed by atoms with Gasteiger partial charge in [-0.15, -0.1) is 6.58 Å². The van der Waals surface area contributed by atoms with Crippen molar-refractivity contribution in [3.05, 3.63) is 12.7 Å². The van der Waals surface area contributed by atoms with E-state index in [4.69, 9.17) is 0 Å². The number of sulfonamides is 1. The van der Waals surface area contributed by atoms with Crippen molar-refractivity contribution in [1.29, 1.82) is 0 Å². The first kappa shape index (κ1) is 38.4. The number of likely N-dealkylation sites (tertiary alicyclic amines) is 1. The molecule has 266 valence electrons. The van der Waals surface area contributed by atoms with Crippen molar-refractivity contribution >= 4 is 39.6 Å². The zero-order valence-electron chi connectivity index (χ0n) is 28.9. The SMILES string of the molecule is C=CCNC(=O)C(=O)C(CC1CC1)NC(=O)[C@@H]1C(C(C)C)CCN1C(=O)[C@@H](NC(=O)NC1(CNS(C)(=O)=O)CCCCC1)C(C)(C)C. The Hall–Kier alpha value is -3.00. The second-order valence-corrected chi connectivity index (χ2v) is 16.9. The van der Waals surface area contributed by atoms with Crippen LogP contribution in [-0.2, 0) is 29.2 Å². The lowest BCUT2D eigenvalue weighted by molar-refractivity contribution is -0.144. The van der Waals surface area contributed by atoms with Gasteiger partial charge in [0.15, 0.2) is 0 Å². The Labute approximate surface area is 280 Å². The van der Waals surface area contributed by atoms with Crippen LogP contribution in [-0.4, -0.2) is 92.4 Å². The first-order valence-electron chi connectivity index (χ1n) is 16.9. The van der Waals surface area contributed by atoms with Crippen LogP contribution in [0.5, 0.6) is 0 Å². The van der Waals surface area contributed by atoms with Crippen LogP contribution in [0.3, 0.4) is 0 Å². The molecule has 3 rings (SSSR count). The van der Waals surface area contributed by atoms with E-state index in [0.29, 0.717) is 32.2 Å². The normalized spacial score (nSPS) is 22.6. The Morgan fingerprint density at radius 3 is 2.17 bits per heavy atom. The van der Waals surface area contributed by atoms with E-state index in [1.54, 1.807) is 0 Å². The average molecular weight is 681 g/mol. The van der Waals surface area contributed by atoms with E-state index in [1.807, 2.05) is 34.6 Å². The Morgan fingerprint density at radius 2 is 1.64 bits per heavy atom. The third kappa shape index (κ3) is 11.0. The number of nitrogens with zero attached hydrogens (tertiary/aromatic N) is 1. The summed E-state index contributed by atoms with van der Waals surface area (Å²) in [5.74, 6) is -2.35. The molecule has 0 aromatic carbocycles. The van der Waals surface area contributed by atoms with Crippen molar-refractivity contribution in [2.45, 2.75) is 116 Å². The quantitative estimate of drug-likeness (QED) is 0.129. The van der Waals surface area contributed by atoms with Gasteiger partial charge in [0.2, 0.25) is 27.6 Å². The zero-order chi connectivity index (χ0) is 35.2. The zero-order valence-corrected chi connectivity index (χ0v) is 29.8. The van der Waals surface area contributed by atoms with Gasteiger partial charge in [-0.3, -0.25) is 19.2 Å². The van der Waals surface area contributed by atoms with Crippen molar-refractivity contribution in [3.8, 4) is 0 Å². The van der Waals surface area contributed by atoms with Crippen LogP contribution in [0.4, 0.5) is 4.79 Å². The maximum atomic E-state index is 14.3. The predicted octanol–water partition coefficient (Wildman–Crippen LogP) is 1.98. The largest absolute Gasteiger partial charge is 0.346 e. The van der Waals surface area contributed by atoms with Gasteiger partial charge in [0, 0.05) is 19.6 Å². The lowest BCUT2D eigenvalue weighted by Crippen LogP contribution is -2.64. The molecule has 1 heterocycles. The second kappa shape index (κ2) is 15.9. The fourth-order valence-electron chi connectivity index (χ4n) is 6.75. The van der Waals surface area contributed by atoms with Crippen molar-refractivity contribution in [2.24, 2.45) is 23.2 Å². The Balaban J connectivity index is 1.83. The lowest BCUT2D eigenvalue weighted by atomic mass is 9.81. The van der Waals surface area contributed by atoms with Gasteiger partial charge in [-0.2, -0.15) is 0 Å². The fourth-order valence-corrected chi connectivity index (χ4v) is 7.29. The number of carbonyl (C=O) groups excluding carboxylic acids is 5. The molecule has 1 aliphatic heterocycles. The Bertz CT molecular complexity index is 1280. The van der Waals surface area contributed by atoms with Gasteiger partial charge in [0.1, 0.15) is 12.1 Å². The summed E-state index contributed by atoms with van der Waals surface area (Å²) in [7, 11) is -3.49. The molecule has 2 aliphatic carbocycles. The van der Waals surface area contributed by atoms with E-state index >= 15 is 0 Å². The summed E-state index contributed by atoms with van der Waals surface area (Å²) in [6.45, 7) is 13.5. The van der Waals surface area contributed by atoms with Gasteiger partial charge in [0.25, 0.3) is 5.91 Å². The number of ketones is 1. The summed E-state index contributed by atoms with van der Waals surface area (Å²) in [6, 6.07) is -3.51. The minimum atomic E-state index is -3.49. The molecule has 0 radical (unpaired) electrons. The van der Waals surface area contributed by atoms with Gasteiger partial charge in [-0.1, -0.05) is 72.8 Å². The Morgan fingerprint density at radius 1 is 1.00 bits per heavy atom. The fraction of sp³-hybridized carbons (Fsp3) is 0.788.